The zero-order valence-electron chi connectivity index (χ0n) is 16.6. The number of hydrogen-bond donors (Lipinski definition) is 1. The Hall–Kier alpha value is -1.79. The highest BCUT2D eigenvalue weighted by molar-refractivity contribution is 5.86. The highest BCUT2D eigenvalue weighted by Gasteiger charge is 2.12. The van der Waals surface area contributed by atoms with Crippen LogP contribution in [0.1, 0.15) is 45.4 Å². The normalized spacial score (nSPS) is 14.7. The number of anilines is 1. The van der Waals surface area contributed by atoms with Crippen molar-refractivity contribution >= 4 is 11.8 Å². The van der Waals surface area contributed by atoms with E-state index in [0.717, 1.165) is 39.3 Å². The van der Waals surface area contributed by atoms with Gasteiger partial charge in [-0.15, -0.1) is 0 Å². The van der Waals surface area contributed by atoms with E-state index in [-0.39, 0.29) is 0 Å². The second-order valence-electron chi connectivity index (χ2n) is 6.83. The lowest BCUT2D eigenvalue weighted by atomic mass is 10.1. The van der Waals surface area contributed by atoms with Crippen LogP contribution in [0.4, 0.5) is 10.5 Å². The van der Waals surface area contributed by atoms with Crippen LogP contribution in [0.3, 0.4) is 0 Å². The van der Waals surface area contributed by atoms with Crippen LogP contribution in [0, 0.1) is 0 Å². The van der Waals surface area contributed by atoms with Crippen LogP contribution in [0.25, 0.3) is 0 Å². The topological polar surface area (TPSA) is 60.0 Å². The van der Waals surface area contributed by atoms with Crippen LogP contribution in [0.2, 0.25) is 0 Å². The van der Waals surface area contributed by atoms with E-state index < -0.39 is 6.09 Å². The van der Waals surface area contributed by atoms with Gasteiger partial charge in [0.15, 0.2) is 0 Å². The molecule has 1 aliphatic rings. The number of benzene rings is 1. The molecule has 1 heterocycles. The highest BCUT2D eigenvalue weighted by Crippen LogP contribution is 2.24. The van der Waals surface area contributed by atoms with Crippen molar-refractivity contribution < 1.29 is 19.0 Å². The molecule has 1 amide bonds. The molecule has 1 aromatic rings. The Morgan fingerprint density at radius 2 is 1.81 bits per heavy atom. The molecule has 1 saturated heterocycles. The molecular weight excluding hydrogens is 344 g/mol. The fourth-order valence-corrected chi connectivity index (χ4v) is 3.00. The summed E-state index contributed by atoms with van der Waals surface area (Å²) < 4.78 is 16.5. The molecule has 6 heteroatoms. The SMILES string of the molecule is CCCCCCCCOc1ccccc1NC(=O)OCCN1CCOCC1. The first-order valence-corrected chi connectivity index (χ1v) is 10.3. The molecule has 0 atom stereocenters. The maximum Gasteiger partial charge on any atom is 0.411 e. The van der Waals surface area contributed by atoms with Crippen molar-refractivity contribution in [3.05, 3.63) is 24.3 Å². The highest BCUT2D eigenvalue weighted by atomic mass is 16.5. The molecule has 0 radical (unpaired) electrons. The Balaban J connectivity index is 1.65. The minimum Gasteiger partial charge on any atom is -0.491 e. The van der Waals surface area contributed by atoms with Crippen LogP contribution in [0.15, 0.2) is 24.3 Å². The standard InChI is InChI=1S/C21H34N2O4/c1-2-3-4-5-6-9-15-26-20-11-8-7-10-19(20)22-21(24)27-18-14-23-12-16-25-17-13-23/h7-8,10-11H,2-6,9,12-18H2,1H3,(H,22,24). The van der Waals surface area contributed by atoms with Gasteiger partial charge in [-0.05, 0) is 18.6 Å². The second kappa shape index (κ2) is 13.4. The zero-order chi connectivity index (χ0) is 19.2. The molecule has 27 heavy (non-hydrogen) atoms. The zero-order valence-corrected chi connectivity index (χ0v) is 16.6. The number of ether oxygens (including phenoxy) is 3. The number of nitrogens with one attached hydrogen (secondary N) is 1. The van der Waals surface area contributed by atoms with Gasteiger partial charge >= 0.3 is 6.09 Å². The fraction of sp³-hybridized carbons (Fsp3) is 0.667. The minimum atomic E-state index is -0.445. The summed E-state index contributed by atoms with van der Waals surface area (Å²) in [6.07, 6.45) is 6.89. The largest absolute Gasteiger partial charge is 0.491 e. The number of nitrogens with zero attached hydrogens (tertiary/aromatic N) is 1. The first kappa shape index (κ1) is 21.5. The molecule has 2 rings (SSSR count). The van der Waals surface area contributed by atoms with Crippen molar-refractivity contribution in [1.82, 2.24) is 4.90 Å². The van der Waals surface area contributed by atoms with Crippen LogP contribution < -0.4 is 10.1 Å². The second-order valence-corrected chi connectivity index (χ2v) is 6.83. The van der Waals surface area contributed by atoms with E-state index in [0.29, 0.717) is 24.7 Å². The van der Waals surface area contributed by atoms with E-state index in [1.165, 1.54) is 32.1 Å². The molecule has 1 aromatic carbocycles. The van der Waals surface area contributed by atoms with E-state index in [4.69, 9.17) is 14.2 Å². The van der Waals surface area contributed by atoms with E-state index in [1.54, 1.807) is 0 Å². The van der Waals surface area contributed by atoms with Crippen molar-refractivity contribution in [2.75, 3.05) is 51.4 Å². The monoisotopic (exact) mass is 378 g/mol. The lowest BCUT2D eigenvalue weighted by Crippen LogP contribution is -2.38. The average molecular weight is 379 g/mol. The van der Waals surface area contributed by atoms with Gasteiger partial charge in [0.2, 0.25) is 0 Å². The Kier molecular flexibility index (Phi) is 10.7. The summed E-state index contributed by atoms with van der Waals surface area (Å²) in [7, 11) is 0. The van der Waals surface area contributed by atoms with E-state index in [1.807, 2.05) is 24.3 Å². The molecule has 0 saturated carbocycles. The van der Waals surface area contributed by atoms with Crippen LogP contribution in [-0.2, 0) is 9.47 Å². The van der Waals surface area contributed by atoms with Crippen LogP contribution in [0.5, 0.6) is 5.75 Å². The number of rotatable bonds is 12. The quantitative estimate of drug-likeness (QED) is 0.549. The summed E-state index contributed by atoms with van der Waals surface area (Å²) in [4.78, 5) is 14.3. The molecule has 6 nitrogen and oxygen atoms in total. The fourth-order valence-electron chi connectivity index (χ4n) is 3.00. The molecule has 1 N–H and O–H groups in total. The third kappa shape index (κ3) is 9.11. The van der Waals surface area contributed by atoms with Gasteiger partial charge in [-0.25, -0.2) is 4.79 Å². The van der Waals surface area contributed by atoms with Gasteiger partial charge < -0.3 is 14.2 Å². The number of carbonyl (C=O) groups excluding carboxylic acids is 1. The van der Waals surface area contributed by atoms with E-state index in [9.17, 15) is 4.79 Å². The van der Waals surface area contributed by atoms with Crippen LogP contribution in [-0.4, -0.2) is 57.1 Å². The summed E-state index contributed by atoms with van der Waals surface area (Å²) in [5.74, 6) is 0.691. The summed E-state index contributed by atoms with van der Waals surface area (Å²) >= 11 is 0. The minimum absolute atomic E-state index is 0.368. The molecule has 0 unspecified atom stereocenters. The van der Waals surface area contributed by atoms with Gasteiger partial charge in [-0.1, -0.05) is 51.2 Å². The maximum atomic E-state index is 12.1. The average Bonchev–Trinajstić information content (AvgIpc) is 2.69. The maximum absolute atomic E-state index is 12.1. The summed E-state index contributed by atoms with van der Waals surface area (Å²) in [6.45, 7) is 7.25. The molecular formula is C21H34N2O4. The van der Waals surface area contributed by atoms with Gasteiger partial charge in [0, 0.05) is 19.6 Å². The van der Waals surface area contributed by atoms with Crippen molar-refractivity contribution in [3.63, 3.8) is 0 Å². The molecule has 0 spiro atoms. The van der Waals surface area contributed by atoms with Gasteiger partial charge in [-0.3, -0.25) is 10.2 Å². The molecule has 0 aromatic heterocycles. The van der Waals surface area contributed by atoms with Crippen molar-refractivity contribution in [1.29, 1.82) is 0 Å². The number of amides is 1. The van der Waals surface area contributed by atoms with Gasteiger partial charge in [0.1, 0.15) is 12.4 Å². The first-order chi connectivity index (χ1) is 13.3. The Morgan fingerprint density at radius 1 is 1.07 bits per heavy atom. The smallest absolute Gasteiger partial charge is 0.411 e. The lowest BCUT2D eigenvalue weighted by molar-refractivity contribution is 0.0290. The summed E-state index contributed by atoms with van der Waals surface area (Å²) in [5, 5.41) is 2.79. The molecule has 1 fully saturated rings. The van der Waals surface area contributed by atoms with E-state index >= 15 is 0 Å². The number of hydrogen-bond acceptors (Lipinski definition) is 5. The number of unbranched alkanes of at least 4 members (excludes halogenated alkanes) is 5. The van der Waals surface area contributed by atoms with E-state index in [2.05, 4.69) is 17.1 Å². The van der Waals surface area contributed by atoms with Gasteiger partial charge in [0.25, 0.3) is 0 Å². The van der Waals surface area contributed by atoms with Gasteiger partial charge in [-0.2, -0.15) is 0 Å². The molecule has 0 bridgehead atoms. The first-order valence-electron chi connectivity index (χ1n) is 10.3. The number of carbonyl (C=O) groups is 1. The number of morpholine rings is 1. The summed E-state index contributed by atoms with van der Waals surface area (Å²) in [5.41, 5.74) is 0.653. The third-order valence-electron chi connectivity index (χ3n) is 4.62. The third-order valence-corrected chi connectivity index (χ3v) is 4.62. The van der Waals surface area contributed by atoms with Crippen molar-refractivity contribution in [2.45, 2.75) is 45.4 Å². The van der Waals surface area contributed by atoms with Crippen LogP contribution >= 0.6 is 0 Å². The predicted molar refractivity (Wildman–Crippen MR) is 108 cm³/mol. The van der Waals surface area contributed by atoms with Crippen molar-refractivity contribution in [3.8, 4) is 5.75 Å². The summed E-state index contributed by atoms with van der Waals surface area (Å²) in [6, 6.07) is 7.49. The Morgan fingerprint density at radius 3 is 2.63 bits per heavy atom. The number of para-hydroxylation sites is 2. The lowest BCUT2D eigenvalue weighted by Gasteiger charge is -2.26. The van der Waals surface area contributed by atoms with Crippen molar-refractivity contribution in [2.24, 2.45) is 0 Å². The molecule has 152 valence electrons. The predicted octanol–water partition coefficient (Wildman–Crippen LogP) is 4.31. The molecule has 1 aliphatic heterocycles. The van der Waals surface area contributed by atoms with Gasteiger partial charge in [0.05, 0.1) is 25.5 Å². The Labute approximate surface area is 163 Å². The Bertz CT molecular complexity index is 533. The molecule has 0 aliphatic carbocycles.